The number of hydrogen-bond donors (Lipinski definition) is 1. The fraction of sp³-hybridized carbons (Fsp3) is 0.417. The molecule has 18 heavy (non-hydrogen) atoms. The summed E-state index contributed by atoms with van der Waals surface area (Å²) in [7, 11) is 3.21. The molecule has 1 aromatic heterocycles. The summed E-state index contributed by atoms with van der Waals surface area (Å²) in [4.78, 5) is 27.8. The first-order valence-corrected chi connectivity index (χ1v) is 5.45. The highest BCUT2D eigenvalue weighted by atomic mass is 16.4. The predicted molar refractivity (Wildman–Crippen MR) is 64.3 cm³/mol. The van der Waals surface area contributed by atoms with E-state index in [0.29, 0.717) is 6.42 Å². The van der Waals surface area contributed by atoms with Crippen LogP contribution in [0.1, 0.15) is 35.1 Å². The SMILES string of the molecule is C=CC[C@H](CC(=O)O)c1nc(C(=O)N(C)C)co1. The van der Waals surface area contributed by atoms with Crippen LogP contribution in [0.25, 0.3) is 0 Å². The van der Waals surface area contributed by atoms with Crippen LogP contribution in [0.5, 0.6) is 0 Å². The Kier molecular flexibility index (Phi) is 4.65. The van der Waals surface area contributed by atoms with Gasteiger partial charge in [0.05, 0.1) is 6.42 Å². The van der Waals surface area contributed by atoms with Crippen LogP contribution in [0.4, 0.5) is 0 Å². The molecule has 0 aliphatic rings. The number of aliphatic carboxylic acids is 1. The Morgan fingerprint density at radius 2 is 2.28 bits per heavy atom. The molecule has 0 bridgehead atoms. The third kappa shape index (κ3) is 3.44. The lowest BCUT2D eigenvalue weighted by molar-refractivity contribution is -0.137. The Morgan fingerprint density at radius 1 is 1.61 bits per heavy atom. The molecule has 0 spiro atoms. The molecule has 0 saturated heterocycles. The minimum atomic E-state index is -0.944. The number of carbonyl (C=O) groups excluding carboxylic acids is 1. The third-order valence-corrected chi connectivity index (χ3v) is 2.37. The molecular weight excluding hydrogens is 236 g/mol. The van der Waals surface area contributed by atoms with Crippen molar-refractivity contribution in [3.8, 4) is 0 Å². The number of oxazole rings is 1. The zero-order valence-electron chi connectivity index (χ0n) is 10.4. The quantitative estimate of drug-likeness (QED) is 0.776. The van der Waals surface area contributed by atoms with E-state index < -0.39 is 11.9 Å². The van der Waals surface area contributed by atoms with E-state index >= 15 is 0 Å². The smallest absolute Gasteiger partial charge is 0.304 e. The van der Waals surface area contributed by atoms with Crippen molar-refractivity contribution in [1.82, 2.24) is 9.88 Å². The molecule has 0 unspecified atom stereocenters. The maximum atomic E-state index is 11.6. The highest BCUT2D eigenvalue weighted by molar-refractivity contribution is 5.91. The fourth-order valence-corrected chi connectivity index (χ4v) is 1.49. The van der Waals surface area contributed by atoms with Gasteiger partial charge in [0.2, 0.25) is 0 Å². The number of hydrogen-bond acceptors (Lipinski definition) is 4. The van der Waals surface area contributed by atoms with Gasteiger partial charge in [-0.25, -0.2) is 4.98 Å². The molecule has 1 rings (SSSR count). The fourth-order valence-electron chi connectivity index (χ4n) is 1.49. The highest BCUT2D eigenvalue weighted by Crippen LogP contribution is 2.23. The molecule has 1 heterocycles. The van der Waals surface area contributed by atoms with Gasteiger partial charge >= 0.3 is 5.97 Å². The summed E-state index contributed by atoms with van der Waals surface area (Å²) >= 11 is 0. The average Bonchev–Trinajstić information content (AvgIpc) is 2.75. The van der Waals surface area contributed by atoms with Gasteiger partial charge < -0.3 is 14.4 Å². The van der Waals surface area contributed by atoms with E-state index in [1.807, 2.05) is 0 Å². The summed E-state index contributed by atoms with van der Waals surface area (Å²) < 4.78 is 5.18. The minimum absolute atomic E-state index is 0.109. The standard InChI is InChI=1S/C12H16N2O4/c1-4-5-8(6-10(15)16)11-13-9(7-18-11)12(17)14(2)3/h4,7-8H,1,5-6H2,2-3H3,(H,15,16)/t8-/m1/s1. The van der Waals surface area contributed by atoms with E-state index in [4.69, 9.17) is 9.52 Å². The van der Waals surface area contributed by atoms with Crippen molar-refractivity contribution in [3.05, 3.63) is 30.5 Å². The first-order valence-electron chi connectivity index (χ1n) is 5.45. The van der Waals surface area contributed by atoms with Crippen molar-refractivity contribution < 1.29 is 19.1 Å². The second-order valence-electron chi connectivity index (χ2n) is 4.09. The van der Waals surface area contributed by atoms with Crippen molar-refractivity contribution >= 4 is 11.9 Å². The second kappa shape index (κ2) is 6.00. The van der Waals surface area contributed by atoms with Gasteiger partial charge in [-0.2, -0.15) is 0 Å². The molecule has 0 saturated carbocycles. The van der Waals surface area contributed by atoms with Crippen LogP contribution in [-0.4, -0.2) is 41.0 Å². The number of nitrogens with zero attached hydrogens (tertiary/aromatic N) is 2. The van der Waals surface area contributed by atoms with Crippen molar-refractivity contribution in [3.63, 3.8) is 0 Å². The summed E-state index contributed by atoms with van der Waals surface area (Å²) in [6, 6.07) is 0. The second-order valence-corrected chi connectivity index (χ2v) is 4.09. The van der Waals surface area contributed by atoms with Crippen LogP contribution >= 0.6 is 0 Å². The van der Waals surface area contributed by atoms with Gasteiger partial charge in [-0.3, -0.25) is 9.59 Å². The topological polar surface area (TPSA) is 83.6 Å². The van der Waals surface area contributed by atoms with Crippen LogP contribution < -0.4 is 0 Å². The molecule has 0 radical (unpaired) electrons. The van der Waals surface area contributed by atoms with Crippen molar-refractivity contribution in [2.75, 3.05) is 14.1 Å². The Balaban J connectivity index is 2.90. The number of carbonyl (C=O) groups is 2. The lowest BCUT2D eigenvalue weighted by Crippen LogP contribution is -2.22. The predicted octanol–water partition coefficient (Wildman–Crippen LogP) is 1.51. The van der Waals surface area contributed by atoms with E-state index in [0.717, 1.165) is 0 Å². The van der Waals surface area contributed by atoms with Crippen LogP contribution in [0.3, 0.4) is 0 Å². The number of aromatic nitrogens is 1. The van der Waals surface area contributed by atoms with E-state index in [2.05, 4.69) is 11.6 Å². The van der Waals surface area contributed by atoms with Gasteiger partial charge in [-0.15, -0.1) is 6.58 Å². The molecule has 1 N–H and O–H groups in total. The van der Waals surface area contributed by atoms with Crippen LogP contribution in [0.2, 0.25) is 0 Å². The Hall–Kier alpha value is -2.11. The molecule has 98 valence electrons. The highest BCUT2D eigenvalue weighted by Gasteiger charge is 2.22. The van der Waals surface area contributed by atoms with E-state index in [-0.39, 0.29) is 23.9 Å². The lowest BCUT2D eigenvalue weighted by Gasteiger charge is -2.08. The molecule has 1 atom stereocenters. The van der Waals surface area contributed by atoms with Gasteiger partial charge in [0.25, 0.3) is 5.91 Å². The molecule has 0 fully saturated rings. The monoisotopic (exact) mass is 252 g/mol. The summed E-state index contributed by atoms with van der Waals surface area (Å²) in [5.74, 6) is -1.37. The zero-order valence-corrected chi connectivity index (χ0v) is 10.4. The van der Waals surface area contributed by atoms with Crippen LogP contribution in [0, 0.1) is 0 Å². The van der Waals surface area contributed by atoms with Crippen molar-refractivity contribution in [2.24, 2.45) is 0 Å². The van der Waals surface area contributed by atoms with Crippen LogP contribution in [0.15, 0.2) is 23.3 Å². The minimum Gasteiger partial charge on any atom is -0.481 e. The van der Waals surface area contributed by atoms with Crippen molar-refractivity contribution in [1.29, 1.82) is 0 Å². The average molecular weight is 252 g/mol. The van der Waals surface area contributed by atoms with E-state index in [1.54, 1.807) is 20.2 Å². The number of rotatable bonds is 6. The molecule has 0 aliphatic heterocycles. The van der Waals surface area contributed by atoms with Gasteiger partial charge in [-0.05, 0) is 6.42 Å². The summed E-state index contributed by atoms with van der Waals surface area (Å²) in [5, 5.41) is 8.80. The zero-order chi connectivity index (χ0) is 13.7. The Bertz CT molecular complexity index is 451. The number of allylic oxidation sites excluding steroid dienone is 1. The number of carboxylic acid groups (broad SMARTS) is 1. The lowest BCUT2D eigenvalue weighted by atomic mass is 10.0. The molecular formula is C12H16N2O4. The van der Waals surface area contributed by atoms with Crippen LogP contribution in [-0.2, 0) is 4.79 Å². The molecule has 0 aliphatic carbocycles. The largest absolute Gasteiger partial charge is 0.481 e. The van der Waals surface area contributed by atoms with Gasteiger partial charge in [-0.1, -0.05) is 6.08 Å². The summed E-state index contributed by atoms with van der Waals surface area (Å²) in [6.45, 7) is 3.57. The van der Waals surface area contributed by atoms with Gasteiger partial charge in [0.15, 0.2) is 11.6 Å². The molecule has 6 heteroatoms. The van der Waals surface area contributed by atoms with Gasteiger partial charge in [0, 0.05) is 20.0 Å². The number of carboxylic acids is 1. The summed E-state index contributed by atoms with van der Waals surface area (Å²) in [6.07, 6.45) is 3.17. The Labute approximate surface area is 105 Å². The molecule has 0 aromatic carbocycles. The Morgan fingerprint density at radius 3 is 2.78 bits per heavy atom. The summed E-state index contributed by atoms with van der Waals surface area (Å²) in [5.41, 5.74) is 0.175. The number of amides is 1. The van der Waals surface area contributed by atoms with Crippen molar-refractivity contribution in [2.45, 2.75) is 18.8 Å². The maximum Gasteiger partial charge on any atom is 0.304 e. The first-order chi connectivity index (χ1) is 8.45. The van der Waals surface area contributed by atoms with Gasteiger partial charge in [0.1, 0.15) is 6.26 Å². The third-order valence-electron chi connectivity index (χ3n) is 2.37. The normalized spacial score (nSPS) is 11.9. The first kappa shape index (κ1) is 14.0. The van der Waals surface area contributed by atoms with E-state index in [9.17, 15) is 9.59 Å². The van der Waals surface area contributed by atoms with E-state index in [1.165, 1.54) is 11.2 Å². The maximum absolute atomic E-state index is 11.6. The molecule has 6 nitrogen and oxygen atoms in total. The molecule has 1 amide bonds. The molecule has 1 aromatic rings.